The lowest BCUT2D eigenvalue weighted by atomic mass is 9.92. The van der Waals surface area contributed by atoms with E-state index in [4.69, 9.17) is 4.74 Å². The van der Waals surface area contributed by atoms with E-state index in [2.05, 4.69) is 16.0 Å². The summed E-state index contributed by atoms with van der Waals surface area (Å²) >= 11 is 0. The second kappa shape index (κ2) is 12.0. The quantitative estimate of drug-likeness (QED) is 0.431. The first kappa shape index (κ1) is 25.9. The number of carboxylic acids is 1. The normalized spacial score (nSPS) is 20.8. The van der Waals surface area contributed by atoms with Crippen molar-refractivity contribution in [2.75, 3.05) is 32.7 Å². The number of aliphatic carboxylic acids is 1. The van der Waals surface area contributed by atoms with Gasteiger partial charge in [-0.3, -0.25) is 9.59 Å². The molecule has 182 valence electrons. The molecule has 0 bridgehead atoms. The molecule has 10 nitrogen and oxygen atoms in total. The van der Waals surface area contributed by atoms with Gasteiger partial charge in [0, 0.05) is 26.1 Å². The highest BCUT2D eigenvalue weighted by Gasteiger charge is 2.30. The van der Waals surface area contributed by atoms with E-state index in [1.165, 1.54) is 0 Å². The summed E-state index contributed by atoms with van der Waals surface area (Å²) in [6, 6.07) is -1.31. The van der Waals surface area contributed by atoms with Gasteiger partial charge >= 0.3 is 12.1 Å². The van der Waals surface area contributed by atoms with Gasteiger partial charge in [0.25, 0.3) is 0 Å². The number of amides is 3. The first-order valence-corrected chi connectivity index (χ1v) is 11.5. The molecule has 2 rings (SSSR count). The maximum atomic E-state index is 12.6. The first-order valence-electron chi connectivity index (χ1n) is 11.5. The molecule has 2 saturated heterocycles. The van der Waals surface area contributed by atoms with E-state index in [-0.39, 0.29) is 24.3 Å². The lowest BCUT2D eigenvalue weighted by molar-refractivity contribution is -0.139. The van der Waals surface area contributed by atoms with E-state index in [9.17, 15) is 24.3 Å². The Labute approximate surface area is 189 Å². The van der Waals surface area contributed by atoms with Crippen LogP contribution < -0.4 is 16.0 Å². The smallest absolute Gasteiger partial charge is 0.408 e. The molecule has 2 fully saturated rings. The Morgan fingerprint density at radius 1 is 1.16 bits per heavy atom. The molecule has 0 aromatic heterocycles. The molecule has 0 saturated carbocycles. The van der Waals surface area contributed by atoms with Gasteiger partial charge in [0.1, 0.15) is 11.6 Å². The number of piperidine rings is 2. The van der Waals surface area contributed by atoms with Crippen molar-refractivity contribution in [3.63, 3.8) is 0 Å². The lowest BCUT2D eigenvalue weighted by Crippen LogP contribution is -2.52. The van der Waals surface area contributed by atoms with Crippen molar-refractivity contribution in [1.82, 2.24) is 20.9 Å². The maximum Gasteiger partial charge on any atom is 0.408 e. The van der Waals surface area contributed by atoms with E-state index >= 15 is 0 Å². The van der Waals surface area contributed by atoms with Gasteiger partial charge in [-0.25, -0.2) is 9.59 Å². The third kappa shape index (κ3) is 9.02. The molecular formula is C22H38N4O6. The number of nitrogens with one attached hydrogen (secondary N) is 3. The number of hydrogen-bond donors (Lipinski definition) is 4. The molecule has 0 spiro atoms. The predicted octanol–water partition coefficient (Wildman–Crippen LogP) is 1.10. The fourth-order valence-corrected chi connectivity index (χ4v) is 4.07. The number of likely N-dealkylation sites (tertiary alicyclic amines) is 1. The Balaban J connectivity index is 1.79. The fourth-order valence-electron chi connectivity index (χ4n) is 4.07. The van der Waals surface area contributed by atoms with Crippen LogP contribution in [0.1, 0.15) is 59.3 Å². The van der Waals surface area contributed by atoms with E-state index in [1.807, 2.05) is 0 Å². The Morgan fingerprint density at radius 2 is 1.84 bits per heavy atom. The van der Waals surface area contributed by atoms with Crippen LogP contribution in [0, 0.1) is 11.8 Å². The lowest BCUT2D eigenvalue weighted by Gasteiger charge is -2.33. The van der Waals surface area contributed by atoms with Crippen LogP contribution in [0.2, 0.25) is 0 Å². The summed E-state index contributed by atoms with van der Waals surface area (Å²) in [7, 11) is 0. The fraction of sp³-hybridized carbons (Fsp3) is 0.818. The van der Waals surface area contributed by atoms with Gasteiger partial charge in [-0.1, -0.05) is 0 Å². The highest BCUT2D eigenvalue weighted by atomic mass is 16.6. The number of ether oxygens (including phenoxy) is 1. The molecule has 4 N–H and O–H groups in total. The average Bonchev–Trinajstić information content (AvgIpc) is 2.74. The Hall–Kier alpha value is -2.36. The van der Waals surface area contributed by atoms with Crippen molar-refractivity contribution in [2.24, 2.45) is 11.8 Å². The molecular weight excluding hydrogens is 416 g/mol. The van der Waals surface area contributed by atoms with Crippen LogP contribution in [0.25, 0.3) is 0 Å². The van der Waals surface area contributed by atoms with Crippen LogP contribution in [0.4, 0.5) is 4.79 Å². The van der Waals surface area contributed by atoms with Gasteiger partial charge in [0.2, 0.25) is 11.8 Å². The Kier molecular flexibility index (Phi) is 9.74. The summed E-state index contributed by atoms with van der Waals surface area (Å²) in [6.45, 7) is 7.76. The third-order valence-corrected chi connectivity index (χ3v) is 5.84. The Bertz CT molecular complexity index is 672. The molecule has 0 aromatic carbocycles. The number of rotatable bonds is 8. The average molecular weight is 455 g/mol. The van der Waals surface area contributed by atoms with Gasteiger partial charge in [0.15, 0.2) is 0 Å². The molecule has 2 atom stereocenters. The van der Waals surface area contributed by atoms with Crippen molar-refractivity contribution in [3.8, 4) is 0 Å². The molecule has 0 aromatic rings. The summed E-state index contributed by atoms with van der Waals surface area (Å²) in [4.78, 5) is 50.3. The predicted molar refractivity (Wildman–Crippen MR) is 118 cm³/mol. The van der Waals surface area contributed by atoms with Gasteiger partial charge in [-0.2, -0.15) is 0 Å². The topological polar surface area (TPSA) is 137 Å². The van der Waals surface area contributed by atoms with E-state index in [0.717, 1.165) is 38.8 Å². The largest absolute Gasteiger partial charge is 0.480 e. The maximum absolute atomic E-state index is 12.6. The van der Waals surface area contributed by atoms with Gasteiger partial charge in [0.05, 0.1) is 5.92 Å². The standard InChI is InChI=1S/C22H38N4O6/c1-22(2,3)32-21(31)25-17(20(29)30)13-24-19(28)16-5-4-12-26(14-16)18(27)7-6-15-8-10-23-11-9-15/h15-17,23H,4-14H2,1-3H3,(H,24,28)(H,25,31)(H,29,30). The zero-order valence-electron chi connectivity index (χ0n) is 19.4. The SMILES string of the molecule is CC(C)(C)OC(=O)NC(CNC(=O)C1CCCN(C(=O)CCC2CCNCC2)C1)C(=O)O. The second-order valence-electron chi connectivity index (χ2n) is 9.69. The molecule has 0 aliphatic carbocycles. The minimum atomic E-state index is -1.31. The number of alkyl carbamates (subject to hydrolysis) is 1. The van der Waals surface area contributed by atoms with E-state index in [0.29, 0.717) is 31.8 Å². The monoisotopic (exact) mass is 454 g/mol. The summed E-state index contributed by atoms with van der Waals surface area (Å²) in [5.74, 6) is -1.30. The van der Waals surface area contributed by atoms with E-state index < -0.39 is 23.7 Å². The molecule has 10 heteroatoms. The third-order valence-electron chi connectivity index (χ3n) is 5.84. The van der Waals surface area contributed by atoms with Crippen LogP contribution in [0.3, 0.4) is 0 Å². The number of nitrogens with zero attached hydrogens (tertiary/aromatic N) is 1. The molecule has 2 aliphatic heterocycles. The van der Waals surface area contributed by atoms with Crippen LogP contribution in [0.5, 0.6) is 0 Å². The highest BCUT2D eigenvalue weighted by molar-refractivity contribution is 5.83. The minimum Gasteiger partial charge on any atom is -0.480 e. The summed E-state index contributed by atoms with van der Waals surface area (Å²) in [6.07, 6.45) is 4.09. The van der Waals surface area contributed by atoms with Gasteiger partial charge in [-0.15, -0.1) is 0 Å². The molecule has 2 aliphatic rings. The molecule has 0 radical (unpaired) electrons. The van der Waals surface area contributed by atoms with Crippen molar-refractivity contribution < 1.29 is 29.0 Å². The number of hydrogen-bond acceptors (Lipinski definition) is 6. The summed E-state index contributed by atoms with van der Waals surface area (Å²) in [5, 5.41) is 17.5. The zero-order chi connectivity index (χ0) is 23.7. The van der Waals surface area contributed by atoms with Gasteiger partial charge < -0.3 is 30.7 Å². The van der Waals surface area contributed by atoms with Crippen molar-refractivity contribution in [2.45, 2.75) is 70.9 Å². The summed E-state index contributed by atoms with van der Waals surface area (Å²) in [5.41, 5.74) is -0.762. The van der Waals surface area contributed by atoms with Crippen LogP contribution in [-0.4, -0.2) is 78.3 Å². The van der Waals surface area contributed by atoms with Crippen LogP contribution in [0.15, 0.2) is 0 Å². The highest BCUT2D eigenvalue weighted by Crippen LogP contribution is 2.21. The van der Waals surface area contributed by atoms with Crippen molar-refractivity contribution >= 4 is 23.9 Å². The first-order chi connectivity index (χ1) is 15.0. The minimum absolute atomic E-state index is 0.0797. The molecule has 3 amide bonds. The van der Waals surface area contributed by atoms with E-state index in [1.54, 1.807) is 25.7 Å². The Morgan fingerprint density at radius 3 is 2.47 bits per heavy atom. The number of carboxylic acid groups (broad SMARTS) is 1. The molecule has 2 unspecified atom stereocenters. The zero-order valence-corrected chi connectivity index (χ0v) is 19.4. The van der Waals surface area contributed by atoms with Crippen LogP contribution >= 0.6 is 0 Å². The summed E-state index contributed by atoms with van der Waals surface area (Å²) < 4.78 is 5.07. The van der Waals surface area contributed by atoms with Crippen LogP contribution in [-0.2, 0) is 19.1 Å². The second-order valence-corrected chi connectivity index (χ2v) is 9.69. The molecule has 32 heavy (non-hydrogen) atoms. The van der Waals surface area contributed by atoms with Gasteiger partial charge in [-0.05, 0) is 71.9 Å². The molecule has 2 heterocycles. The number of carbonyl (C=O) groups is 4. The van der Waals surface area contributed by atoms with Crippen molar-refractivity contribution in [3.05, 3.63) is 0 Å². The number of carbonyl (C=O) groups excluding carboxylic acids is 3. The van der Waals surface area contributed by atoms with Crippen molar-refractivity contribution in [1.29, 1.82) is 0 Å².